The number of alkyl halides is 1. The van der Waals surface area contributed by atoms with Crippen molar-refractivity contribution in [3.8, 4) is 0 Å². The highest BCUT2D eigenvalue weighted by Gasteiger charge is 2.44. The molecule has 0 aromatic carbocycles. The average Bonchev–Trinajstić information content (AvgIpc) is 2.62. The summed E-state index contributed by atoms with van der Waals surface area (Å²) in [6.07, 6.45) is 3.49. The highest BCUT2D eigenvalue weighted by molar-refractivity contribution is 6.18. The molecule has 0 amide bonds. The molecular formula is C17H23ClO7. The largest absolute Gasteiger partial charge is 0.462 e. The predicted molar refractivity (Wildman–Crippen MR) is 89.8 cm³/mol. The number of rotatable bonds is 9. The molecular weight excluding hydrogens is 352 g/mol. The molecule has 0 aliphatic heterocycles. The van der Waals surface area contributed by atoms with Crippen molar-refractivity contribution >= 4 is 29.5 Å². The standard InChI is InChI=1S/C17H23ClO7/c1-3-14(20)23-8-9-24-15(21)13-6-4-5-7-17(13,2)16(22)25-11-12(19)10-18/h3,6,12,19H,1,4-5,7-11H2,2H3. The second-order valence-corrected chi connectivity index (χ2v) is 6.06. The number of aliphatic hydroxyl groups is 1. The molecule has 0 saturated heterocycles. The Labute approximate surface area is 151 Å². The summed E-state index contributed by atoms with van der Waals surface area (Å²) in [7, 11) is 0. The van der Waals surface area contributed by atoms with Crippen LogP contribution in [0.5, 0.6) is 0 Å². The van der Waals surface area contributed by atoms with Gasteiger partial charge >= 0.3 is 17.9 Å². The third-order valence-corrected chi connectivity index (χ3v) is 4.16. The van der Waals surface area contributed by atoms with Crippen molar-refractivity contribution in [2.45, 2.75) is 32.3 Å². The Morgan fingerprint density at radius 1 is 1.36 bits per heavy atom. The quantitative estimate of drug-likeness (QED) is 0.215. The molecule has 0 spiro atoms. The Morgan fingerprint density at radius 2 is 2.04 bits per heavy atom. The van der Waals surface area contributed by atoms with Crippen molar-refractivity contribution in [2.24, 2.45) is 5.41 Å². The second kappa shape index (κ2) is 10.2. The van der Waals surface area contributed by atoms with Crippen LogP contribution in [-0.2, 0) is 28.6 Å². The summed E-state index contributed by atoms with van der Waals surface area (Å²) in [4.78, 5) is 35.6. The Balaban J connectivity index is 2.66. The molecule has 25 heavy (non-hydrogen) atoms. The van der Waals surface area contributed by atoms with E-state index in [4.69, 9.17) is 25.8 Å². The second-order valence-electron chi connectivity index (χ2n) is 5.76. The molecule has 0 aromatic heterocycles. The lowest BCUT2D eigenvalue weighted by molar-refractivity contribution is -0.159. The van der Waals surface area contributed by atoms with Gasteiger partial charge in [-0.1, -0.05) is 12.7 Å². The van der Waals surface area contributed by atoms with Gasteiger partial charge < -0.3 is 19.3 Å². The minimum absolute atomic E-state index is 0.0574. The van der Waals surface area contributed by atoms with Gasteiger partial charge in [0.25, 0.3) is 0 Å². The first-order valence-corrected chi connectivity index (χ1v) is 8.46. The van der Waals surface area contributed by atoms with Crippen LogP contribution in [0.1, 0.15) is 26.2 Å². The lowest BCUT2D eigenvalue weighted by Gasteiger charge is -2.32. The fraction of sp³-hybridized carbons (Fsp3) is 0.588. The maximum Gasteiger partial charge on any atom is 0.334 e. The van der Waals surface area contributed by atoms with Crippen molar-refractivity contribution in [2.75, 3.05) is 25.7 Å². The molecule has 0 saturated carbocycles. The molecule has 8 heteroatoms. The number of carbonyl (C=O) groups excluding carboxylic acids is 3. The first-order valence-electron chi connectivity index (χ1n) is 7.93. The number of carbonyl (C=O) groups is 3. The molecule has 0 fully saturated rings. The molecule has 0 bridgehead atoms. The van der Waals surface area contributed by atoms with E-state index >= 15 is 0 Å². The summed E-state index contributed by atoms with van der Waals surface area (Å²) in [5.41, 5.74) is -0.946. The van der Waals surface area contributed by atoms with E-state index in [1.807, 2.05) is 0 Å². The molecule has 140 valence electrons. The van der Waals surface area contributed by atoms with Gasteiger partial charge in [-0.3, -0.25) is 4.79 Å². The van der Waals surface area contributed by atoms with Gasteiger partial charge in [0.1, 0.15) is 25.9 Å². The highest BCUT2D eigenvalue weighted by atomic mass is 35.5. The number of esters is 3. The van der Waals surface area contributed by atoms with Crippen LogP contribution >= 0.6 is 11.6 Å². The van der Waals surface area contributed by atoms with Crippen LogP contribution in [-0.4, -0.2) is 54.8 Å². The Morgan fingerprint density at radius 3 is 2.68 bits per heavy atom. The van der Waals surface area contributed by atoms with Gasteiger partial charge in [0.15, 0.2) is 0 Å². The fourth-order valence-electron chi connectivity index (χ4n) is 2.37. The summed E-state index contributed by atoms with van der Waals surface area (Å²) < 4.78 is 14.9. The number of aliphatic hydroxyl groups excluding tert-OH is 1. The first-order chi connectivity index (χ1) is 11.8. The predicted octanol–water partition coefficient (Wildman–Crippen LogP) is 1.52. The molecule has 1 rings (SSSR count). The van der Waals surface area contributed by atoms with Crippen molar-refractivity contribution in [3.63, 3.8) is 0 Å². The van der Waals surface area contributed by atoms with E-state index in [2.05, 4.69) is 6.58 Å². The number of ether oxygens (including phenoxy) is 3. The third-order valence-electron chi connectivity index (χ3n) is 3.81. The molecule has 2 unspecified atom stereocenters. The van der Waals surface area contributed by atoms with E-state index in [1.165, 1.54) is 0 Å². The zero-order valence-corrected chi connectivity index (χ0v) is 14.9. The van der Waals surface area contributed by atoms with Crippen molar-refractivity contribution in [1.29, 1.82) is 0 Å². The van der Waals surface area contributed by atoms with Gasteiger partial charge in [-0.15, -0.1) is 11.6 Å². The zero-order chi connectivity index (χ0) is 18.9. The van der Waals surface area contributed by atoms with Crippen LogP contribution in [0.15, 0.2) is 24.3 Å². The summed E-state index contributed by atoms with van der Waals surface area (Å²) in [6, 6.07) is 0. The topological polar surface area (TPSA) is 99.1 Å². The molecule has 0 radical (unpaired) electrons. The van der Waals surface area contributed by atoms with E-state index in [9.17, 15) is 19.5 Å². The van der Waals surface area contributed by atoms with Gasteiger partial charge in [-0.2, -0.15) is 0 Å². The van der Waals surface area contributed by atoms with Crippen molar-refractivity contribution in [1.82, 2.24) is 0 Å². The Hall–Kier alpha value is -1.86. The summed E-state index contributed by atoms with van der Waals surface area (Å²) >= 11 is 5.47. The van der Waals surface area contributed by atoms with Crippen LogP contribution in [0.3, 0.4) is 0 Å². The highest BCUT2D eigenvalue weighted by Crippen LogP contribution is 2.39. The number of hydrogen-bond donors (Lipinski definition) is 1. The Bertz CT molecular complexity index is 543. The number of hydrogen-bond acceptors (Lipinski definition) is 7. The van der Waals surface area contributed by atoms with Crippen LogP contribution in [0.2, 0.25) is 0 Å². The normalized spacial score (nSPS) is 20.8. The number of allylic oxidation sites excluding steroid dienone is 1. The maximum atomic E-state index is 12.4. The Kier molecular flexibility index (Phi) is 8.65. The van der Waals surface area contributed by atoms with Crippen molar-refractivity contribution < 1.29 is 33.7 Å². The van der Waals surface area contributed by atoms with Gasteiger partial charge in [-0.25, -0.2) is 9.59 Å². The fourth-order valence-corrected chi connectivity index (χ4v) is 2.46. The molecule has 1 N–H and O–H groups in total. The van der Waals surface area contributed by atoms with Crippen LogP contribution in [0.4, 0.5) is 0 Å². The smallest absolute Gasteiger partial charge is 0.334 e. The maximum absolute atomic E-state index is 12.4. The minimum atomic E-state index is -1.15. The molecule has 7 nitrogen and oxygen atoms in total. The van der Waals surface area contributed by atoms with Crippen LogP contribution < -0.4 is 0 Å². The lowest BCUT2D eigenvalue weighted by atomic mass is 9.74. The summed E-state index contributed by atoms with van der Waals surface area (Å²) in [5, 5.41) is 9.41. The van der Waals surface area contributed by atoms with E-state index in [1.54, 1.807) is 13.0 Å². The SMILES string of the molecule is C=CC(=O)OCCOC(=O)C1=CCCCC1(C)C(=O)OCC(O)CCl. The van der Waals surface area contributed by atoms with Gasteiger partial charge in [-0.05, 0) is 26.2 Å². The molecule has 0 aromatic rings. The van der Waals surface area contributed by atoms with E-state index in [-0.39, 0.29) is 31.3 Å². The van der Waals surface area contributed by atoms with Crippen LogP contribution in [0, 0.1) is 5.41 Å². The summed E-state index contributed by atoms with van der Waals surface area (Å²) in [5.74, 6) is -1.94. The van der Waals surface area contributed by atoms with E-state index < -0.39 is 29.4 Å². The monoisotopic (exact) mass is 374 g/mol. The first kappa shape index (κ1) is 21.2. The molecule has 1 aliphatic carbocycles. The van der Waals surface area contributed by atoms with E-state index in [0.29, 0.717) is 12.8 Å². The van der Waals surface area contributed by atoms with E-state index in [0.717, 1.165) is 12.5 Å². The minimum Gasteiger partial charge on any atom is -0.462 e. The number of halogens is 1. The molecule has 1 aliphatic rings. The van der Waals surface area contributed by atoms with Crippen LogP contribution in [0.25, 0.3) is 0 Å². The average molecular weight is 375 g/mol. The van der Waals surface area contributed by atoms with Gasteiger partial charge in [0, 0.05) is 6.08 Å². The van der Waals surface area contributed by atoms with Gasteiger partial charge in [0.2, 0.25) is 0 Å². The van der Waals surface area contributed by atoms with Gasteiger partial charge in [0.05, 0.1) is 16.9 Å². The lowest BCUT2D eigenvalue weighted by Crippen LogP contribution is -2.38. The summed E-state index contributed by atoms with van der Waals surface area (Å²) in [6.45, 7) is 4.38. The third kappa shape index (κ3) is 6.17. The molecule has 2 atom stereocenters. The van der Waals surface area contributed by atoms with Crippen molar-refractivity contribution in [3.05, 3.63) is 24.3 Å². The molecule has 0 heterocycles. The zero-order valence-electron chi connectivity index (χ0n) is 14.2.